The third kappa shape index (κ3) is 5.13. The van der Waals surface area contributed by atoms with Gasteiger partial charge in [0.1, 0.15) is 5.82 Å². The minimum atomic E-state index is -0.132. The SMILES string of the molecule is CN(Cc1ccsc1)CC1CCN(Cc2cccc(F)c2)CC1. The van der Waals surface area contributed by atoms with Gasteiger partial charge in [0.15, 0.2) is 0 Å². The average molecular weight is 332 g/mol. The van der Waals surface area contributed by atoms with Gasteiger partial charge < -0.3 is 4.90 Å². The largest absolute Gasteiger partial charge is 0.302 e. The van der Waals surface area contributed by atoms with Crippen molar-refractivity contribution < 1.29 is 4.39 Å². The lowest BCUT2D eigenvalue weighted by molar-refractivity contribution is 0.147. The number of benzene rings is 1. The first-order chi connectivity index (χ1) is 11.2. The van der Waals surface area contributed by atoms with Crippen molar-refractivity contribution in [1.29, 1.82) is 0 Å². The molecule has 0 bridgehead atoms. The fourth-order valence-electron chi connectivity index (χ4n) is 3.42. The van der Waals surface area contributed by atoms with Crippen LogP contribution in [0.15, 0.2) is 41.1 Å². The zero-order chi connectivity index (χ0) is 16.1. The maximum absolute atomic E-state index is 13.3. The minimum absolute atomic E-state index is 0.132. The van der Waals surface area contributed by atoms with Crippen LogP contribution in [0.1, 0.15) is 24.0 Å². The number of thiophene rings is 1. The molecule has 2 nitrogen and oxygen atoms in total. The molecule has 1 aliphatic rings. The summed E-state index contributed by atoms with van der Waals surface area (Å²) < 4.78 is 13.3. The van der Waals surface area contributed by atoms with Crippen molar-refractivity contribution in [2.45, 2.75) is 25.9 Å². The summed E-state index contributed by atoms with van der Waals surface area (Å²) in [5.74, 6) is 0.648. The van der Waals surface area contributed by atoms with Gasteiger partial charge in [-0.25, -0.2) is 4.39 Å². The molecule has 4 heteroatoms. The molecule has 1 aromatic heterocycles. The Morgan fingerprint density at radius 2 is 2.04 bits per heavy atom. The molecule has 124 valence electrons. The summed E-state index contributed by atoms with van der Waals surface area (Å²) >= 11 is 1.77. The summed E-state index contributed by atoms with van der Waals surface area (Å²) in [5, 5.41) is 4.38. The van der Waals surface area contributed by atoms with Gasteiger partial charge in [-0.05, 0) is 79.0 Å². The van der Waals surface area contributed by atoms with E-state index in [1.165, 1.54) is 31.0 Å². The smallest absolute Gasteiger partial charge is 0.123 e. The monoisotopic (exact) mass is 332 g/mol. The maximum atomic E-state index is 13.3. The average Bonchev–Trinajstić information content (AvgIpc) is 3.02. The van der Waals surface area contributed by atoms with Gasteiger partial charge in [0.25, 0.3) is 0 Å². The molecule has 23 heavy (non-hydrogen) atoms. The van der Waals surface area contributed by atoms with Crippen LogP contribution in [0.5, 0.6) is 0 Å². The Kier molecular flexibility index (Phi) is 5.81. The van der Waals surface area contributed by atoms with Gasteiger partial charge >= 0.3 is 0 Å². The van der Waals surface area contributed by atoms with Gasteiger partial charge in [-0.1, -0.05) is 12.1 Å². The van der Waals surface area contributed by atoms with E-state index in [0.29, 0.717) is 0 Å². The second-order valence-corrected chi connectivity index (χ2v) is 7.46. The van der Waals surface area contributed by atoms with Crippen molar-refractivity contribution in [3.8, 4) is 0 Å². The zero-order valence-electron chi connectivity index (χ0n) is 13.7. The molecule has 0 amide bonds. The molecule has 0 spiro atoms. The van der Waals surface area contributed by atoms with Crippen molar-refractivity contribution in [3.05, 3.63) is 58.0 Å². The van der Waals surface area contributed by atoms with Crippen LogP contribution in [0.2, 0.25) is 0 Å². The predicted molar refractivity (Wildman–Crippen MR) is 95.1 cm³/mol. The first-order valence-corrected chi connectivity index (χ1v) is 9.30. The Morgan fingerprint density at radius 1 is 1.22 bits per heavy atom. The molecule has 0 unspecified atom stereocenters. The van der Waals surface area contributed by atoms with E-state index < -0.39 is 0 Å². The van der Waals surface area contributed by atoms with Gasteiger partial charge in [-0.15, -0.1) is 0 Å². The summed E-state index contributed by atoms with van der Waals surface area (Å²) in [5.41, 5.74) is 2.50. The highest BCUT2D eigenvalue weighted by atomic mass is 32.1. The molecule has 1 aliphatic heterocycles. The molecule has 0 N–H and O–H groups in total. The highest BCUT2D eigenvalue weighted by Crippen LogP contribution is 2.21. The lowest BCUT2D eigenvalue weighted by atomic mass is 9.96. The highest BCUT2D eigenvalue weighted by molar-refractivity contribution is 7.07. The summed E-state index contributed by atoms with van der Waals surface area (Å²) in [6, 6.07) is 9.20. The molecule has 3 rings (SSSR count). The Hall–Kier alpha value is -1.23. The van der Waals surface area contributed by atoms with Crippen molar-refractivity contribution in [2.24, 2.45) is 5.92 Å². The molecule has 0 atom stereocenters. The number of hydrogen-bond acceptors (Lipinski definition) is 3. The maximum Gasteiger partial charge on any atom is 0.123 e. The van der Waals surface area contributed by atoms with Gasteiger partial charge in [0, 0.05) is 19.6 Å². The summed E-state index contributed by atoms with van der Waals surface area (Å²) in [4.78, 5) is 4.89. The van der Waals surface area contributed by atoms with E-state index in [2.05, 4.69) is 33.7 Å². The van der Waals surface area contributed by atoms with E-state index in [1.54, 1.807) is 23.5 Å². The van der Waals surface area contributed by atoms with Crippen molar-refractivity contribution >= 4 is 11.3 Å². The van der Waals surface area contributed by atoms with E-state index in [4.69, 9.17) is 0 Å². The van der Waals surface area contributed by atoms with Crippen LogP contribution >= 0.6 is 11.3 Å². The van der Waals surface area contributed by atoms with Crippen LogP contribution in [-0.4, -0.2) is 36.5 Å². The molecule has 0 saturated carbocycles. The number of likely N-dealkylation sites (tertiary alicyclic amines) is 1. The first-order valence-electron chi connectivity index (χ1n) is 8.35. The van der Waals surface area contributed by atoms with Crippen LogP contribution in [0.25, 0.3) is 0 Å². The van der Waals surface area contributed by atoms with E-state index in [0.717, 1.165) is 37.7 Å². The van der Waals surface area contributed by atoms with Gasteiger partial charge in [-0.3, -0.25) is 4.90 Å². The Balaban J connectivity index is 1.41. The van der Waals surface area contributed by atoms with Crippen molar-refractivity contribution in [1.82, 2.24) is 9.80 Å². The topological polar surface area (TPSA) is 6.48 Å². The number of halogens is 1. The lowest BCUT2D eigenvalue weighted by Crippen LogP contribution is -2.37. The van der Waals surface area contributed by atoms with Gasteiger partial charge in [0.2, 0.25) is 0 Å². The summed E-state index contributed by atoms with van der Waals surface area (Å²) in [7, 11) is 2.22. The number of piperidine rings is 1. The van der Waals surface area contributed by atoms with Crippen LogP contribution < -0.4 is 0 Å². The Bertz CT molecular complexity index is 591. The van der Waals surface area contributed by atoms with Crippen LogP contribution in [0.4, 0.5) is 4.39 Å². The second kappa shape index (κ2) is 8.04. The van der Waals surface area contributed by atoms with E-state index in [9.17, 15) is 4.39 Å². The van der Waals surface area contributed by atoms with Crippen molar-refractivity contribution in [3.63, 3.8) is 0 Å². The quantitative estimate of drug-likeness (QED) is 0.781. The van der Waals surface area contributed by atoms with Crippen molar-refractivity contribution in [2.75, 3.05) is 26.7 Å². The van der Waals surface area contributed by atoms with E-state index in [-0.39, 0.29) is 5.82 Å². The predicted octanol–water partition coefficient (Wildman–Crippen LogP) is 4.23. The fraction of sp³-hybridized carbons (Fsp3) is 0.474. The summed E-state index contributed by atoms with van der Waals surface area (Å²) in [6.45, 7) is 5.33. The van der Waals surface area contributed by atoms with Crippen LogP contribution in [-0.2, 0) is 13.1 Å². The molecule has 1 aromatic carbocycles. The number of hydrogen-bond donors (Lipinski definition) is 0. The molecule has 1 saturated heterocycles. The molecular weight excluding hydrogens is 307 g/mol. The molecule has 0 aliphatic carbocycles. The van der Waals surface area contributed by atoms with E-state index >= 15 is 0 Å². The standard InChI is InChI=1S/C19H25FN2S/c1-21(13-18-7-10-23-15-18)12-16-5-8-22(9-6-16)14-17-3-2-4-19(20)11-17/h2-4,7,10-11,15-16H,5-6,8-9,12-14H2,1H3. The minimum Gasteiger partial charge on any atom is -0.302 e. The highest BCUT2D eigenvalue weighted by Gasteiger charge is 2.20. The molecule has 0 radical (unpaired) electrons. The third-order valence-electron chi connectivity index (χ3n) is 4.60. The molecule has 2 aromatic rings. The number of rotatable bonds is 6. The van der Waals surface area contributed by atoms with Crippen LogP contribution in [0, 0.1) is 11.7 Å². The molecular formula is C19H25FN2S. The molecule has 2 heterocycles. The summed E-state index contributed by atoms with van der Waals surface area (Å²) in [6.07, 6.45) is 2.48. The number of nitrogens with zero attached hydrogens (tertiary/aromatic N) is 2. The van der Waals surface area contributed by atoms with Crippen LogP contribution in [0.3, 0.4) is 0 Å². The van der Waals surface area contributed by atoms with Gasteiger partial charge in [0.05, 0.1) is 0 Å². The normalized spacial score (nSPS) is 17.0. The third-order valence-corrected chi connectivity index (χ3v) is 5.34. The lowest BCUT2D eigenvalue weighted by Gasteiger charge is -2.34. The zero-order valence-corrected chi connectivity index (χ0v) is 14.6. The molecule has 1 fully saturated rings. The Morgan fingerprint density at radius 3 is 2.74 bits per heavy atom. The van der Waals surface area contributed by atoms with E-state index in [1.807, 2.05) is 6.07 Å². The van der Waals surface area contributed by atoms with Gasteiger partial charge in [-0.2, -0.15) is 11.3 Å². The second-order valence-electron chi connectivity index (χ2n) is 6.68. The Labute approximate surface area is 142 Å². The first kappa shape index (κ1) is 16.6. The fourth-order valence-corrected chi connectivity index (χ4v) is 4.08.